The van der Waals surface area contributed by atoms with Gasteiger partial charge in [0.15, 0.2) is 0 Å². The molecule has 1 aromatic heterocycles. The number of likely N-dealkylation sites (tertiary alicyclic amines) is 1. The SMILES string of the molecule is COc1ccccc1N(C)S(=O)(=O)c1ccc(C(=O)N2CCCC2c2cccn2C)cc1. The normalized spacial score (nSPS) is 16.2. The molecule has 1 unspecified atom stereocenters. The molecule has 0 N–H and O–H groups in total. The summed E-state index contributed by atoms with van der Waals surface area (Å²) in [4.78, 5) is 15.2. The van der Waals surface area contributed by atoms with Crippen LogP contribution >= 0.6 is 0 Å². The Morgan fingerprint density at radius 3 is 2.44 bits per heavy atom. The van der Waals surface area contributed by atoms with E-state index in [0.717, 1.165) is 18.5 Å². The fraction of sp³-hybridized carbons (Fsp3) is 0.292. The molecule has 1 atom stereocenters. The summed E-state index contributed by atoms with van der Waals surface area (Å²) in [7, 11) is 1.16. The van der Waals surface area contributed by atoms with Gasteiger partial charge in [0.2, 0.25) is 0 Å². The molecule has 0 spiro atoms. The summed E-state index contributed by atoms with van der Waals surface area (Å²) in [5.74, 6) is 0.377. The fourth-order valence-electron chi connectivity index (χ4n) is 4.25. The third-order valence-electron chi connectivity index (χ3n) is 6.02. The van der Waals surface area contributed by atoms with Gasteiger partial charge in [0.05, 0.1) is 23.7 Å². The Bertz CT molecular complexity index is 1220. The summed E-state index contributed by atoms with van der Waals surface area (Å²) >= 11 is 0. The van der Waals surface area contributed by atoms with Crippen molar-refractivity contribution in [3.8, 4) is 5.75 Å². The van der Waals surface area contributed by atoms with Crippen LogP contribution < -0.4 is 9.04 Å². The monoisotopic (exact) mass is 453 g/mol. The van der Waals surface area contributed by atoms with Gasteiger partial charge in [-0.25, -0.2) is 8.42 Å². The lowest BCUT2D eigenvalue weighted by atomic mass is 10.1. The summed E-state index contributed by atoms with van der Waals surface area (Å²) in [5, 5.41) is 0. The van der Waals surface area contributed by atoms with E-state index in [1.807, 2.05) is 34.8 Å². The number of nitrogens with zero attached hydrogens (tertiary/aromatic N) is 3. The smallest absolute Gasteiger partial charge is 0.264 e. The van der Waals surface area contributed by atoms with E-state index in [1.165, 1.54) is 30.6 Å². The number of rotatable bonds is 6. The first kappa shape index (κ1) is 22.0. The van der Waals surface area contributed by atoms with Gasteiger partial charge in [-0.05, 0) is 61.4 Å². The van der Waals surface area contributed by atoms with E-state index in [0.29, 0.717) is 23.5 Å². The van der Waals surface area contributed by atoms with Crippen LogP contribution in [-0.4, -0.2) is 44.5 Å². The highest BCUT2D eigenvalue weighted by Gasteiger charge is 2.32. The van der Waals surface area contributed by atoms with Crippen molar-refractivity contribution in [1.82, 2.24) is 9.47 Å². The van der Waals surface area contributed by atoms with Crippen LogP contribution in [-0.2, 0) is 17.1 Å². The number of aromatic nitrogens is 1. The molecule has 2 heterocycles. The number of hydrogen-bond acceptors (Lipinski definition) is 4. The zero-order valence-electron chi connectivity index (χ0n) is 18.4. The van der Waals surface area contributed by atoms with Crippen LogP contribution in [0.25, 0.3) is 0 Å². The Balaban J connectivity index is 1.57. The Hall–Kier alpha value is -3.26. The van der Waals surface area contributed by atoms with E-state index in [4.69, 9.17) is 4.74 Å². The molecule has 0 radical (unpaired) electrons. The Morgan fingerprint density at radius 1 is 1.06 bits per heavy atom. The van der Waals surface area contributed by atoms with Crippen molar-refractivity contribution < 1.29 is 17.9 Å². The van der Waals surface area contributed by atoms with Gasteiger partial charge in [-0.2, -0.15) is 0 Å². The molecule has 3 aromatic rings. The molecule has 8 heteroatoms. The molecule has 1 amide bonds. The molecule has 1 saturated heterocycles. The molecule has 0 bridgehead atoms. The Labute approximate surface area is 188 Å². The molecule has 168 valence electrons. The molecule has 0 aliphatic carbocycles. The van der Waals surface area contributed by atoms with Crippen molar-refractivity contribution in [3.05, 3.63) is 78.1 Å². The number of aryl methyl sites for hydroxylation is 1. The number of anilines is 1. The molecule has 7 nitrogen and oxygen atoms in total. The van der Waals surface area contributed by atoms with Gasteiger partial charge in [0, 0.05) is 38.1 Å². The van der Waals surface area contributed by atoms with Crippen molar-refractivity contribution in [2.45, 2.75) is 23.8 Å². The van der Waals surface area contributed by atoms with Crippen molar-refractivity contribution in [1.29, 1.82) is 0 Å². The van der Waals surface area contributed by atoms with Gasteiger partial charge >= 0.3 is 0 Å². The second-order valence-corrected chi connectivity index (χ2v) is 9.84. The number of amides is 1. The Kier molecular flexibility index (Phi) is 5.97. The first-order chi connectivity index (χ1) is 15.3. The number of ether oxygens (including phenoxy) is 1. The van der Waals surface area contributed by atoms with E-state index in [2.05, 4.69) is 0 Å². The van der Waals surface area contributed by atoms with Crippen LogP contribution in [0.15, 0.2) is 71.8 Å². The van der Waals surface area contributed by atoms with Gasteiger partial charge in [-0.3, -0.25) is 9.10 Å². The minimum atomic E-state index is -3.81. The number of carbonyl (C=O) groups excluding carboxylic acids is 1. The molecule has 2 aromatic carbocycles. The molecule has 32 heavy (non-hydrogen) atoms. The summed E-state index contributed by atoms with van der Waals surface area (Å²) < 4.78 is 34.8. The topological polar surface area (TPSA) is 71.8 Å². The predicted octanol–water partition coefficient (Wildman–Crippen LogP) is 3.84. The average Bonchev–Trinajstić information content (AvgIpc) is 3.46. The van der Waals surface area contributed by atoms with Gasteiger partial charge in [-0.15, -0.1) is 0 Å². The highest BCUT2D eigenvalue weighted by molar-refractivity contribution is 7.92. The van der Waals surface area contributed by atoms with E-state index >= 15 is 0 Å². The average molecular weight is 454 g/mol. The quantitative estimate of drug-likeness (QED) is 0.569. The van der Waals surface area contributed by atoms with Crippen molar-refractivity contribution in [2.24, 2.45) is 7.05 Å². The molecule has 1 aliphatic heterocycles. The molecular formula is C24H27N3O4S. The first-order valence-corrected chi connectivity index (χ1v) is 11.9. The number of methoxy groups -OCH3 is 1. The number of sulfonamides is 1. The second kappa shape index (κ2) is 8.70. The number of para-hydroxylation sites is 2. The van der Waals surface area contributed by atoms with E-state index in [1.54, 1.807) is 36.4 Å². The second-order valence-electron chi connectivity index (χ2n) is 7.87. The van der Waals surface area contributed by atoms with Crippen molar-refractivity contribution in [3.63, 3.8) is 0 Å². The summed E-state index contributed by atoms with van der Waals surface area (Å²) in [5.41, 5.74) is 2.02. The van der Waals surface area contributed by atoms with Crippen LogP contribution in [0.5, 0.6) is 5.75 Å². The maximum absolute atomic E-state index is 13.2. The maximum atomic E-state index is 13.2. The fourth-order valence-corrected chi connectivity index (χ4v) is 5.46. The van der Waals surface area contributed by atoms with Crippen molar-refractivity contribution >= 4 is 21.6 Å². The lowest BCUT2D eigenvalue weighted by Crippen LogP contribution is -2.31. The highest BCUT2D eigenvalue weighted by atomic mass is 32.2. The van der Waals surface area contributed by atoms with Gasteiger partial charge in [0.25, 0.3) is 15.9 Å². The van der Waals surface area contributed by atoms with E-state index in [9.17, 15) is 13.2 Å². The van der Waals surface area contributed by atoms with Crippen LogP contribution in [0.2, 0.25) is 0 Å². The molecule has 4 rings (SSSR count). The predicted molar refractivity (Wildman–Crippen MR) is 123 cm³/mol. The maximum Gasteiger partial charge on any atom is 0.264 e. The van der Waals surface area contributed by atoms with Gasteiger partial charge in [0.1, 0.15) is 5.75 Å². The lowest BCUT2D eigenvalue weighted by Gasteiger charge is -2.26. The van der Waals surface area contributed by atoms with E-state index in [-0.39, 0.29) is 16.8 Å². The van der Waals surface area contributed by atoms with Crippen LogP contribution in [0.1, 0.15) is 34.9 Å². The minimum absolute atomic E-state index is 0.0302. The highest BCUT2D eigenvalue weighted by Crippen LogP contribution is 2.34. The zero-order chi connectivity index (χ0) is 22.9. The van der Waals surface area contributed by atoms with Gasteiger partial charge in [-0.1, -0.05) is 12.1 Å². The summed E-state index contributed by atoms with van der Waals surface area (Å²) in [6.07, 6.45) is 3.84. The summed E-state index contributed by atoms with van der Waals surface area (Å²) in [6.45, 7) is 0.686. The number of carbonyl (C=O) groups is 1. The lowest BCUT2D eigenvalue weighted by molar-refractivity contribution is 0.0731. The largest absolute Gasteiger partial charge is 0.495 e. The minimum Gasteiger partial charge on any atom is -0.495 e. The van der Waals surface area contributed by atoms with Gasteiger partial charge < -0.3 is 14.2 Å². The molecular weight excluding hydrogens is 426 g/mol. The van der Waals surface area contributed by atoms with Crippen LogP contribution in [0, 0.1) is 0 Å². The number of benzene rings is 2. The molecule has 0 saturated carbocycles. The third kappa shape index (κ3) is 3.86. The molecule has 1 aliphatic rings. The van der Waals surface area contributed by atoms with E-state index < -0.39 is 10.0 Å². The van der Waals surface area contributed by atoms with Crippen LogP contribution in [0.4, 0.5) is 5.69 Å². The zero-order valence-corrected chi connectivity index (χ0v) is 19.2. The third-order valence-corrected chi connectivity index (χ3v) is 7.81. The van der Waals surface area contributed by atoms with Crippen LogP contribution in [0.3, 0.4) is 0 Å². The summed E-state index contributed by atoms with van der Waals surface area (Å²) in [6, 6.07) is 17.1. The van der Waals surface area contributed by atoms with Crippen molar-refractivity contribution in [2.75, 3.05) is 25.0 Å². The number of hydrogen-bond donors (Lipinski definition) is 0. The standard InChI is InChI=1S/C24H27N3O4S/c1-25-16-6-9-20(25)21-10-7-17-27(21)24(28)18-12-14-19(15-13-18)32(29,30)26(2)22-8-4-5-11-23(22)31-3/h4-6,8-9,11-16,21H,7,10,17H2,1-3H3. The molecule has 1 fully saturated rings. The Morgan fingerprint density at radius 2 is 1.78 bits per heavy atom. The first-order valence-electron chi connectivity index (χ1n) is 10.5.